The van der Waals surface area contributed by atoms with E-state index in [1.165, 1.54) is 30.2 Å². The molecule has 0 bridgehead atoms. The third-order valence-electron chi connectivity index (χ3n) is 5.58. The van der Waals surface area contributed by atoms with E-state index in [0.717, 1.165) is 29.0 Å². The topological polar surface area (TPSA) is 96.0 Å². The van der Waals surface area contributed by atoms with Gasteiger partial charge < -0.3 is 15.0 Å². The lowest BCUT2D eigenvalue weighted by atomic mass is 10.1. The zero-order valence-corrected chi connectivity index (χ0v) is 23.3. The van der Waals surface area contributed by atoms with Crippen molar-refractivity contribution < 1.29 is 22.7 Å². The van der Waals surface area contributed by atoms with Crippen LogP contribution in [0.1, 0.15) is 38.7 Å². The number of methoxy groups -OCH3 is 1. The fraction of sp³-hybridized carbons (Fsp3) is 0.440. The molecule has 2 aromatic carbocycles. The molecule has 0 aromatic heterocycles. The number of hydrogen-bond acceptors (Lipinski definition) is 5. The van der Waals surface area contributed by atoms with Crippen molar-refractivity contribution in [1.82, 2.24) is 10.2 Å². The number of unbranched alkanes of at least 4 members (excludes halogenated alkanes) is 1. The largest absolute Gasteiger partial charge is 0.495 e. The minimum Gasteiger partial charge on any atom is -0.495 e. The van der Waals surface area contributed by atoms with Crippen molar-refractivity contribution in [2.75, 3.05) is 30.8 Å². The Morgan fingerprint density at radius 1 is 1.08 bits per heavy atom. The van der Waals surface area contributed by atoms with Crippen LogP contribution in [0.25, 0.3) is 0 Å². The standard InChI is InChI=1S/C25H33Cl2N3O5S/c1-5-7-14-28-25(32)22(6-2)29(16-18-8-10-19(26)11-9-18)24(31)17-30(36(4,33)34)20-12-13-23(35-3)21(27)15-20/h8-13,15,22H,5-7,14,16-17H2,1-4H3,(H,28,32)/t22-/m0/s1. The Balaban J connectivity index is 2.42. The number of benzene rings is 2. The number of hydrogen-bond donors (Lipinski definition) is 1. The van der Waals surface area contributed by atoms with Crippen LogP contribution in [0.15, 0.2) is 42.5 Å². The second-order valence-electron chi connectivity index (χ2n) is 8.31. The second kappa shape index (κ2) is 13.7. The SMILES string of the molecule is CCCCNC(=O)[C@H](CC)N(Cc1ccc(Cl)cc1)C(=O)CN(c1ccc(OC)c(Cl)c1)S(C)(=O)=O. The molecule has 8 nitrogen and oxygen atoms in total. The van der Waals surface area contributed by atoms with Crippen molar-refractivity contribution in [2.24, 2.45) is 0 Å². The Kier molecular flexibility index (Phi) is 11.3. The Morgan fingerprint density at radius 3 is 2.28 bits per heavy atom. The van der Waals surface area contributed by atoms with Crippen LogP contribution in [0.4, 0.5) is 5.69 Å². The van der Waals surface area contributed by atoms with Crippen molar-refractivity contribution in [3.63, 3.8) is 0 Å². The van der Waals surface area contributed by atoms with Crippen LogP contribution in [0.2, 0.25) is 10.0 Å². The van der Waals surface area contributed by atoms with Gasteiger partial charge in [0.25, 0.3) is 0 Å². The molecule has 36 heavy (non-hydrogen) atoms. The van der Waals surface area contributed by atoms with Crippen LogP contribution >= 0.6 is 23.2 Å². The Morgan fingerprint density at radius 2 is 1.75 bits per heavy atom. The van der Waals surface area contributed by atoms with Crippen molar-refractivity contribution in [1.29, 1.82) is 0 Å². The fourth-order valence-corrected chi connectivity index (χ4v) is 4.86. The molecule has 0 radical (unpaired) electrons. The van der Waals surface area contributed by atoms with Crippen molar-refractivity contribution >= 4 is 50.7 Å². The predicted molar refractivity (Wildman–Crippen MR) is 144 cm³/mol. The van der Waals surface area contributed by atoms with Crippen LogP contribution < -0.4 is 14.4 Å². The summed E-state index contributed by atoms with van der Waals surface area (Å²) in [7, 11) is -2.41. The molecule has 0 unspecified atom stereocenters. The molecule has 0 aliphatic carbocycles. The van der Waals surface area contributed by atoms with Gasteiger partial charge in [-0.1, -0.05) is 55.6 Å². The van der Waals surface area contributed by atoms with Gasteiger partial charge in [-0.3, -0.25) is 13.9 Å². The molecule has 198 valence electrons. The molecule has 2 rings (SSSR count). The Labute approximate surface area is 223 Å². The normalized spacial score (nSPS) is 12.1. The molecule has 0 aliphatic heterocycles. The molecular weight excluding hydrogens is 525 g/mol. The third kappa shape index (κ3) is 8.28. The highest BCUT2D eigenvalue weighted by Crippen LogP contribution is 2.30. The highest BCUT2D eigenvalue weighted by Gasteiger charge is 2.31. The van der Waals surface area contributed by atoms with E-state index in [1.54, 1.807) is 24.3 Å². The molecule has 0 aliphatic rings. The van der Waals surface area contributed by atoms with Crippen LogP contribution in [0.5, 0.6) is 5.75 Å². The van der Waals surface area contributed by atoms with E-state index in [2.05, 4.69) is 5.32 Å². The van der Waals surface area contributed by atoms with E-state index < -0.39 is 28.5 Å². The van der Waals surface area contributed by atoms with E-state index in [4.69, 9.17) is 27.9 Å². The number of nitrogens with zero attached hydrogens (tertiary/aromatic N) is 2. The lowest BCUT2D eigenvalue weighted by Gasteiger charge is -2.33. The van der Waals surface area contributed by atoms with Crippen molar-refractivity contribution in [2.45, 2.75) is 45.7 Å². The van der Waals surface area contributed by atoms with Gasteiger partial charge in [0, 0.05) is 18.1 Å². The molecule has 0 fully saturated rings. The quantitative estimate of drug-likeness (QED) is 0.366. The summed E-state index contributed by atoms with van der Waals surface area (Å²) in [6.45, 7) is 3.92. The number of ether oxygens (including phenoxy) is 1. The first-order valence-electron chi connectivity index (χ1n) is 11.6. The lowest BCUT2D eigenvalue weighted by Crippen LogP contribution is -2.52. The second-order valence-corrected chi connectivity index (χ2v) is 11.1. The summed E-state index contributed by atoms with van der Waals surface area (Å²) in [5.41, 5.74) is 0.967. The highest BCUT2D eigenvalue weighted by atomic mass is 35.5. The van der Waals surface area contributed by atoms with Gasteiger partial charge in [0.1, 0.15) is 18.3 Å². The number of nitrogens with one attached hydrogen (secondary N) is 1. The van der Waals surface area contributed by atoms with E-state index in [-0.39, 0.29) is 23.2 Å². The van der Waals surface area contributed by atoms with Gasteiger partial charge >= 0.3 is 0 Å². The van der Waals surface area contributed by atoms with Crippen LogP contribution in [0, 0.1) is 0 Å². The van der Waals surface area contributed by atoms with Crippen LogP contribution in [-0.2, 0) is 26.2 Å². The van der Waals surface area contributed by atoms with E-state index in [1.807, 2.05) is 13.8 Å². The predicted octanol–water partition coefficient (Wildman–Crippen LogP) is 4.49. The van der Waals surface area contributed by atoms with E-state index in [0.29, 0.717) is 23.7 Å². The molecule has 11 heteroatoms. The van der Waals surface area contributed by atoms with Gasteiger partial charge in [0.15, 0.2) is 0 Å². The number of carbonyl (C=O) groups is 2. The first-order chi connectivity index (χ1) is 17.0. The maximum absolute atomic E-state index is 13.6. The molecule has 1 N–H and O–H groups in total. The molecule has 0 saturated heterocycles. The highest BCUT2D eigenvalue weighted by molar-refractivity contribution is 7.92. The summed E-state index contributed by atoms with van der Waals surface area (Å²) in [6.07, 6.45) is 3.09. The van der Waals surface area contributed by atoms with Gasteiger partial charge in [-0.15, -0.1) is 0 Å². The van der Waals surface area contributed by atoms with Gasteiger partial charge in [0.05, 0.1) is 24.1 Å². The summed E-state index contributed by atoms with van der Waals surface area (Å²) < 4.78 is 31.5. The van der Waals surface area contributed by atoms with E-state index >= 15 is 0 Å². The molecule has 1 atom stereocenters. The van der Waals surface area contributed by atoms with Crippen LogP contribution in [-0.4, -0.2) is 57.6 Å². The molecule has 0 heterocycles. The molecule has 2 amide bonds. The summed E-state index contributed by atoms with van der Waals surface area (Å²) >= 11 is 12.2. The van der Waals surface area contributed by atoms with Crippen molar-refractivity contribution in [3.05, 3.63) is 58.1 Å². The lowest BCUT2D eigenvalue weighted by molar-refractivity contribution is -0.140. The van der Waals surface area contributed by atoms with Gasteiger partial charge in [-0.25, -0.2) is 8.42 Å². The summed E-state index contributed by atoms with van der Waals surface area (Å²) in [6, 6.07) is 10.6. The third-order valence-corrected chi connectivity index (χ3v) is 7.27. The van der Waals surface area contributed by atoms with Crippen LogP contribution in [0.3, 0.4) is 0 Å². The monoisotopic (exact) mass is 557 g/mol. The Hall–Kier alpha value is -2.49. The number of halogens is 2. The molecule has 2 aromatic rings. The molecule has 0 saturated carbocycles. The first kappa shape index (κ1) is 29.7. The Bertz CT molecular complexity index is 1140. The number of carbonyl (C=O) groups excluding carboxylic acids is 2. The number of sulfonamides is 1. The van der Waals surface area contributed by atoms with E-state index in [9.17, 15) is 18.0 Å². The fourth-order valence-electron chi connectivity index (χ4n) is 3.64. The maximum atomic E-state index is 13.6. The minimum absolute atomic E-state index is 0.108. The average Bonchev–Trinajstić information content (AvgIpc) is 2.83. The number of amides is 2. The molecule has 0 spiro atoms. The zero-order chi connectivity index (χ0) is 26.9. The average molecular weight is 559 g/mol. The first-order valence-corrected chi connectivity index (χ1v) is 14.2. The molecular formula is C25H33Cl2N3O5S. The smallest absolute Gasteiger partial charge is 0.244 e. The summed E-state index contributed by atoms with van der Waals surface area (Å²) in [4.78, 5) is 28.1. The number of anilines is 1. The van der Waals surface area contributed by atoms with Gasteiger partial charge in [0.2, 0.25) is 21.8 Å². The maximum Gasteiger partial charge on any atom is 0.244 e. The van der Waals surface area contributed by atoms with Crippen molar-refractivity contribution in [3.8, 4) is 5.75 Å². The summed E-state index contributed by atoms with van der Waals surface area (Å²) in [5.74, 6) is -0.439. The zero-order valence-electron chi connectivity index (χ0n) is 21.0. The summed E-state index contributed by atoms with van der Waals surface area (Å²) in [5, 5.41) is 3.63. The van der Waals surface area contributed by atoms with Gasteiger partial charge in [-0.05, 0) is 48.7 Å². The van der Waals surface area contributed by atoms with Gasteiger partial charge in [-0.2, -0.15) is 0 Å². The number of rotatable bonds is 13. The minimum atomic E-state index is -3.86.